The molecule has 0 spiro atoms. The summed E-state index contributed by atoms with van der Waals surface area (Å²) in [7, 11) is 1.97. The van der Waals surface area contributed by atoms with Gasteiger partial charge < -0.3 is 36.9 Å². The molecule has 0 bridgehead atoms. The highest BCUT2D eigenvalue weighted by Crippen LogP contribution is 2.35. The number of carboxylic acids is 1. The Bertz CT molecular complexity index is 1880. The van der Waals surface area contributed by atoms with Crippen molar-refractivity contribution in [2.45, 2.75) is 31.3 Å². The summed E-state index contributed by atoms with van der Waals surface area (Å²) in [6.45, 7) is 0.0614. The van der Waals surface area contributed by atoms with Crippen molar-refractivity contribution in [3.05, 3.63) is 84.4 Å². The van der Waals surface area contributed by atoms with Gasteiger partial charge in [0.25, 0.3) is 5.52 Å². The van der Waals surface area contributed by atoms with Crippen LogP contribution in [-0.2, 0) is 27.9 Å². The lowest BCUT2D eigenvalue weighted by atomic mass is 10.0. The van der Waals surface area contributed by atoms with Crippen LogP contribution in [0.25, 0.3) is 33.0 Å². The highest BCUT2D eigenvalue weighted by molar-refractivity contribution is 6.11. The predicted molar refractivity (Wildman–Crippen MR) is 172 cm³/mol. The number of aliphatic imine (C=N–C) groups is 1. The monoisotopic (exact) mass is 610 g/mol. The number of anilines is 1. The van der Waals surface area contributed by atoms with E-state index in [2.05, 4.69) is 25.5 Å². The van der Waals surface area contributed by atoms with Crippen LogP contribution in [0.3, 0.4) is 0 Å². The Kier molecular flexibility index (Phi) is 9.42. The minimum absolute atomic E-state index is 0.0939. The van der Waals surface area contributed by atoms with Crippen LogP contribution < -0.4 is 32.0 Å². The minimum Gasteiger partial charge on any atom is -0.480 e. The summed E-state index contributed by atoms with van der Waals surface area (Å²) in [6, 6.07) is 22.5. The highest BCUT2D eigenvalue weighted by atomic mass is 16.4. The zero-order chi connectivity index (χ0) is 31.9. The van der Waals surface area contributed by atoms with Crippen molar-refractivity contribution < 1.29 is 28.5 Å². The van der Waals surface area contributed by atoms with E-state index in [4.69, 9.17) is 15.9 Å². The van der Waals surface area contributed by atoms with Crippen molar-refractivity contribution in [3.8, 4) is 0 Å². The smallest absolute Gasteiger partial charge is 0.326 e. The van der Waals surface area contributed by atoms with Crippen molar-refractivity contribution >= 4 is 62.4 Å². The number of nitrogens with two attached hydrogens (primary N) is 2. The first kappa shape index (κ1) is 30.8. The van der Waals surface area contributed by atoms with E-state index in [1.807, 2.05) is 85.9 Å². The summed E-state index contributed by atoms with van der Waals surface area (Å²) in [6.07, 6.45) is 0.613. The number of fused-ring (bicyclic) bond motifs is 4. The average Bonchev–Trinajstić information content (AvgIpc) is 3.42. The topological polar surface area (TPSA) is 189 Å². The lowest BCUT2D eigenvalue weighted by Gasteiger charge is -2.22. The normalized spacial score (nSPS) is 12.5. The summed E-state index contributed by atoms with van der Waals surface area (Å²) in [5, 5.41) is 20.2. The first-order valence-electron chi connectivity index (χ1n) is 14.6. The molecule has 0 saturated heterocycles. The Hall–Kier alpha value is -5.65. The summed E-state index contributed by atoms with van der Waals surface area (Å²) in [4.78, 5) is 42.6. The second kappa shape index (κ2) is 13.8. The number of hydrogen-bond acceptors (Lipinski definition) is 6. The van der Waals surface area contributed by atoms with Crippen LogP contribution in [0, 0.1) is 0 Å². The summed E-state index contributed by atoms with van der Waals surface area (Å²) >= 11 is 0. The standard InChI is InChI=1S/C33H35N7O5/c1-40-25-15-7-5-12-21(25)28(30-29(40)22-13-6-8-16-26(22)45-30)37-19-27(41)38-24(18-20-10-3-2-4-11-20)31(42)39-23(32(43)44)14-9-17-36-33(34)35/h2-8,10-13,15-16,23-24H,9,14,17-19H2,1H3,(H7,34,35,36,38,39,41,42,43,44)/p+1. The van der Waals surface area contributed by atoms with E-state index in [1.54, 1.807) is 0 Å². The predicted octanol–water partition coefficient (Wildman–Crippen LogP) is 2.33. The van der Waals surface area contributed by atoms with Crippen LogP contribution in [-0.4, -0.2) is 54.0 Å². The molecule has 0 aliphatic carbocycles. The maximum Gasteiger partial charge on any atom is 0.326 e. The van der Waals surface area contributed by atoms with Gasteiger partial charge in [0.15, 0.2) is 5.96 Å². The van der Waals surface area contributed by atoms with Crippen LogP contribution in [0.1, 0.15) is 18.4 Å². The van der Waals surface area contributed by atoms with Crippen LogP contribution in [0.5, 0.6) is 0 Å². The Labute approximate surface area is 259 Å². The molecular formula is C33H36N7O5+. The van der Waals surface area contributed by atoms with Crippen molar-refractivity contribution in [1.82, 2.24) is 10.6 Å². The fraction of sp³-hybridized carbons (Fsp3) is 0.242. The number of amides is 2. The molecule has 5 rings (SSSR count). The quantitative estimate of drug-likeness (QED) is 0.0507. The lowest BCUT2D eigenvalue weighted by Crippen LogP contribution is -2.53. The number of aliphatic carboxylic acids is 1. The molecule has 2 unspecified atom stereocenters. The SMILES string of the molecule is C[n+]1c2ccccc2c(NCC(=O)NC(Cc2ccccc2)C(=O)NC(CCCN=C(N)N)C(=O)O)c2oc3ccccc3c21. The summed E-state index contributed by atoms with van der Waals surface area (Å²) < 4.78 is 8.33. The van der Waals surface area contributed by atoms with E-state index in [0.717, 1.165) is 33.0 Å². The fourth-order valence-corrected chi connectivity index (χ4v) is 5.44. The molecule has 232 valence electrons. The maximum absolute atomic E-state index is 13.4. The first-order valence-corrected chi connectivity index (χ1v) is 14.6. The molecule has 0 radical (unpaired) electrons. The number of guanidine groups is 1. The van der Waals surface area contributed by atoms with E-state index in [0.29, 0.717) is 17.7 Å². The molecule has 0 aliphatic rings. The number of hydrogen-bond donors (Lipinski definition) is 6. The molecule has 0 fully saturated rings. The molecular weight excluding hydrogens is 574 g/mol. The van der Waals surface area contributed by atoms with Crippen molar-refractivity contribution in [1.29, 1.82) is 0 Å². The number of nitrogens with zero attached hydrogens (tertiary/aromatic N) is 2. The molecule has 8 N–H and O–H groups in total. The van der Waals surface area contributed by atoms with Gasteiger partial charge in [0.05, 0.1) is 23.0 Å². The summed E-state index contributed by atoms with van der Waals surface area (Å²) in [5.41, 5.74) is 15.3. The van der Waals surface area contributed by atoms with Gasteiger partial charge in [-0.2, -0.15) is 4.57 Å². The highest BCUT2D eigenvalue weighted by Gasteiger charge is 2.28. The Morgan fingerprint density at radius 3 is 2.33 bits per heavy atom. The molecule has 2 heterocycles. The lowest BCUT2D eigenvalue weighted by molar-refractivity contribution is -0.616. The number of rotatable bonds is 13. The number of carbonyl (C=O) groups excluding carboxylic acids is 2. The van der Waals surface area contributed by atoms with Gasteiger partial charge in [-0.05, 0) is 36.6 Å². The second-order valence-corrected chi connectivity index (χ2v) is 10.7. The molecule has 0 aliphatic heterocycles. The second-order valence-electron chi connectivity index (χ2n) is 10.7. The summed E-state index contributed by atoms with van der Waals surface area (Å²) in [5.74, 6) is -2.35. The molecule has 2 aromatic heterocycles. The van der Waals surface area contributed by atoms with Crippen LogP contribution in [0.4, 0.5) is 5.69 Å². The van der Waals surface area contributed by atoms with E-state index in [1.165, 1.54) is 0 Å². The van der Waals surface area contributed by atoms with Crippen molar-refractivity contribution in [3.63, 3.8) is 0 Å². The van der Waals surface area contributed by atoms with Crippen LogP contribution in [0.15, 0.2) is 88.3 Å². The van der Waals surface area contributed by atoms with Gasteiger partial charge in [0.2, 0.25) is 22.9 Å². The molecule has 0 saturated carbocycles. The van der Waals surface area contributed by atoms with Gasteiger partial charge in [-0.3, -0.25) is 14.6 Å². The molecule has 12 heteroatoms. The van der Waals surface area contributed by atoms with Gasteiger partial charge in [-0.1, -0.05) is 54.6 Å². The molecule has 2 atom stereocenters. The van der Waals surface area contributed by atoms with Gasteiger partial charge >= 0.3 is 5.97 Å². The van der Waals surface area contributed by atoms with Crippen molar-refractivity contribution in [2.75, 3.05) is 18.4 Å². The molecule has 2 amide bonds. The van der Waals surface area contributed by atoms with E-state index >= 15 is 0 Å². The number of benzene rings is 3. The third-order valence-electron chi connectivity index (χ3n) is 7.59. The molecule has 45 heavy (non-hydrogen) atoms. The Morgan fingerprint density at radius 1 is 0.911 bits per heavy atom. The number of furan rings is 1. The first-order chi connectivity index (χ1) is 21.7. The Balaban J connectivity index is 1.37. The minimum atomic E-state index is -1.20. The third kappa shape index (κ3) is 7.12. The van der Waals surface area contributed by atoms with E-state index in [-0.39, 0.29) is 31.9 Å². The van der Waals surface area contributed by atoms with Gasteiger partial charge in [0.1, 0.15) is 24.7 Å². The zero-order valence-corrected chi connectivity index (χ0v) is 24.8. The van der Waals surface area contributed by atoms with E-state index in [9.17, 15) is 19.5 Å². The number of pyridine rings is 1. The van der Waals surface area contributed by atoms with Crippen LogP contribution in [0.2, 0.25) is 0 Å². The number of para-hydroxylation sites is 2. The van der Waals surface area contributed by atoms with Gasteiger partial charge in [0, 0.05) is 19.0 Å². The van der Waals surface area contributed by atoms with Gasteiger partial charge in [-0.15, -0.1) is 0 Å². The Morgan fingerprint density at radius 2 is 1.60 bits per heavy atom. The number of carbonyl (C=O) groups is 3. The van der Waals surface area contributed by atoms with Crippen molar-refractivity contribution in [2.24, 2.45) is 23.5 Å². The average molecular weight is 611 g/mol. The number of carboxylic acid groups (broad SMARTS) is 1. The number of aromatic nitrogens is 1. The molecule has 3 aromatic carbocycles. The van der Waals surface area contributed by atoms with Crippen LogP contribution >= 0.6 is 0 Å². The fourth-order valence-electron chi connectivity index (χ4n) is 5.44. The largest absolute Gasteiger partial charge is 0.480 e. The maximum atomic E-state index is 13.4. The molecule has 12 nitrogen and oxygen atoms in total. The number of nitrogens with one attached hydrogen (secondary N) is 3. The van der Waals surface area contributed by atoms with Gasteiger partial charge in [-0.25, -0.2) is 4.79 Å². The van der Waals surface area contributed by atoms with E-state index < -0.39 is 29.9 Å². The zero-order valence-electron chi connectivity index (χ0n) is 24.8. The number of aryl methyl sites for hydroxylation is 1. The molecule has 5 aromatic rings. The third-order valence-corrected chi connectivity index (χ3v) is 7.59.